The van der Waals surface area contributed by atoms with Crippen molar-refractivity contribution >= 4 is 16.9 Å². The molecule has 0 amide bonds. The Balaban J connectivity index is 3.48. The van der Waals surface area contributed by atoms with Crippen LogP contribution in [0.15, 0.2) is 0 Å². The Morgan fingerprint density at radius 2 is 2.15 bits per heavy atom. The van der Waals surface area contributed by atoms with Crippen molar-refractivity contribution < 1.29 is 17.9 Å². The molecule has 0 radical (unpaired) electrons. The molecule has 13 heavy (non-hydrogen) atoms. The fraction of sp³-hybridized carbons (Fsp3) is 0.857. The smallest absolute Gasteiger partial charge is 0.308 e. The number of nitrogens with one attached hydrogen (secondary N) is 1. The van der Waals surface area contributed by atoms with E-state index < -0.39 is 10.9 Å². The molecule has 0 spiro atoms. The molecule has 0 aromatic heterocycles. The van der Waals surface area contributed by atoms with E-state index in [1.54, 1.807) is 6.92 Å². The molecule has 78 valence electrons. The predicted octanol–water partition coefficient (Wildman–Crippen LogP) is -0.308. The van der Waals surface area contributed by atoms with Crippen LogP contribution in [0.2, 0.25) is 0 Å². The summed E-state index contributed by atoms with van der Waals surface area (Å²) < 4.78 is 26.9. The fourth-order valence-electron chi connectivity index (χ4n) is 0.597. The second-order valence-electron chi connectivity index (χ2n) is 2.64. The number of carbonyl (C=O) groups excluding carboxylic acids is 1. The quantitative estimate of drug-likeness (QED) is 0.357. The van der Waals surface area contributed by atoms with Crippen molar-refractivity contribution in [1.29, 1.82) is 0 Å². The van der Waals surface area contributed by atoms with Crippen LogP contribution in [0.5, 0.6) is 0 Å². The van der Waals surface area contributed by atoms with E-state index in [1.165, 1.54) is 0 Å². The molecule has 1 unspecified atom stereocenters. The fourth-order valence-corrected chi connectivity index (χ4v) is 0.871. The zero-order valence-corrected chi connectivity index (χ0v) is 8.67. The van der Waals surface area contributed by atoms with Gasteiger partial charge in [0.05, 0.1) is 5.92 Å². The van der Waals surface area contributed by atoms with E-state index >= 15 is 0 Å². The van der Waals surface area contributed by atoms with Crippen LogP contribution in [0.4, 0.5) is 0 Å². The van der Waals surface area contributed by atoms with Crippen molar-refractivity contribution in [3.63, 3.8) is 0 Å². The van der Waals surface area contributed by atoms with Gasteiger partial charge in [-0.15, -0.1) is 0 Å². The van der Waals surface area contributed by atoms with E-state index in [-0.39, 0.29) is 25.0 Å². The van der Waals surface area contributed by atoms with Gasteiger partial charge in [0.15, 0.2) is 0 Å². The molecule has 0 saturated heterocycles. The highest BCUT2D eigenvalue weighted by Gasteiger charge is 2.10. The largest absolute Gasteiger partial charge is 0.464 e. The van der Waals surface area contributed by atoms with Gasteiger partial charge < -0.3 is 4.74 Å². The van der Waals surface area contributed by atoms with Crippen molar-refractivity contribution in [2.75, 3.05) is 13.2 Å². The number of hydrogen-bond acceptors (Lipinski definition) is 4. The van der Waals surface area contributed by atoms with Gasteiger partial charge in [-0.25, -0.2) is 13.1 Å². The number of carbonyl (C=O) groups is 1. The summed E-state index contributed by atoms with van der Waals surface area (Å²) in [4.78, 5) is 11.0. The van der Waals surface area contributed by atoms with Crippen LogP contribution in [-0.2, 0) is 20.4 Å². The van der Waals surface area contributed by atoms with Crippen LogP contribution in [0.1, 0.15) is 20.3 Å². The Morgan fingerprint density at radius 3 is 2.62 bits per heavy atom. The second-order valence-corrected chi connectivity index (χ2v) is 3.47. The molecule has 0 aromatic carbocycles. The van der Waals surface area contributed by atoms with Crippen LogP contribution < -0.4 is 4.72 Å². The Bertz CT molecular complexity index is 219. The topological polar surface area (TPSA) is 72.5 Å². The minimum absolute atomic E-state index is 0.0898. The molecule has 0 aliphatic heterocycles. The van der Waals surface area contributed by atoms with Gasteiger partial charge in [0.2, 0.25) is 10.9 Å². The molecule has 5 nitrogen and oxygen atoms in total. The van der Waals surface area contributed by atoms with Crippen molar-refractivity contribution in [2.24, 2.45) is 5.92 Å². The Morgan fingerprint density at radius 1 is 1.54 bits per heavy atom. The van der Waals surface area contributed by atoms with E-state index in [4.69, 9.17) is 4.74 Å². The van der Waals surface area contributed by atoms with Crippen molar-refractivity contribution in [3.05, 3.63) is 0 Å². The van der Waals surface area contributed by atoms with Crippen LogP contribution in [0.25, 0.3) is 0 Å². The van der Waals surface area contributed by atoms with E-state index in [0.29, 0.717) is 0 Å². The monoisotopic (exact) mass is 209 g/mol. The van der Waals surface area contributed by atoms with Gasteiger partial charge in [-0.3, -0.25) is 4.79 Å². The maximum absolute atomic E-state index is 11.0. The lowest BCUT2D eigenvalue weighted by molar-refractivity contribution is -0.147. The van der Waals surface area contributed by atoms with Crippen LogP contribution in [0, 0.1) is 5.92 Å². The lowest BCUT2D eigenvalue weighted by Gasteiger charge is -2.07. The first-order valence-electron chi connectivity index (χ1n) is 4.12. The third-order valence-corrected chi connectivity index (χ3v) is 2.08. The summed E-state index contributed by atoms with van der Waals surface area (Å²) in [5, 5.41) is 0. The van der Waals surface area contributed by atoms with Crippen molar-refractivity contribution in [3.8, 4) is 0 Å². The first-order valence-corrected chi connectivity index (χ1v) is 5.30. The number of esters is 1. The van der Waals surface area contributed by atoms with E-state index in [0.717, 1.165) is 6.42 Å². The number of thiol groups is 1. The Hall–Kier alpha value is -0.620. The molecule has 0 aliphatic rings. The summed E-state index contributed by atoms with van der Waals surface area (Å²) >= 11 is 0. The second kappa shape index (κ2) is 6.85. The maximum Gasteiger partial charge on any atom is 0.308 e. The molecular weight excluding hydrogens is 194 g/mol. The lowest BCUT2D eigenvalue weighted by atomic mass is 10.1. The van der Waals surface area contributed by atoms with Gasteiger partial charge in [0.25, 0.3) is 0 Å². The van der Waals surface area contributed by atoms with Crippen LogP contribution in [-0.4, -0.2) is 27.5 Å². The number of ether oxygens (including phenoxy) is 1. The standard InChI is InChI=1S/C7H15NO4S/c1-3-6(2)7(9)12-5-4-8-13(10)11/h6,13H,3-5H2,1-2H3,(H,8,10,11). The lowest BCUT2D eigenvalue weighted by Crippen LogP contribution is -2.22. The minimum Gasteiger partial charge on any atom is -0.464 e. The Labute approximate surface area is 79.5 Å². The van der Waals surface area contributed by atoms with Crippen LogP contribution in [0.3, 0.4) is 0 Å². The SMILES string of the molecule is CCC(C)C(=O)OCCN[SH](=O)=O. The van der Waals surface area contributed by atoms with Gasteiger partial charge in [-0.2, -0.15) is 0 Å². The zero-order valence-electron chi connectivity index (χ0n) is 7.78. The molecule has 0 saturated carbocycles. The molecule has 1 N–H and O–H groups in total. The van der Waals surface area contributed by atoms with Gasteiger partial charge in [-0.05, 0) is 6.42 Å². The average Bonchev–Trinajstić information content (AvgIpc) is 2.10. The molecule has 0 aliphatic carbocycles. The zero-order chi connectivity index (χ0) is 10.3. The molecule has 0 aromatic rings. The van der Waals surface area contributed by atoms with E-state index in [1.807, 2.05) is 6.92 Å². The predicted molar refractivity (Wildman–Crippen MR) is 48.7 cm³/mol. The normalized spacial score (nSPS) is 12.8. The van der Waals surface area contributed by atoms with Gasteiger partial charge >= 0.3 is 5.97 Å². The summed E-state index contributed by atoms with van der Waals surface area (Å²) in [6.45, 7) is 3.88. The van der Waals surface area contributed by atoms with Crippen molar-refractivity contribution in [1.82, 2.24) is 4.72 Å². The first kappa shape index (κ1) is 12.4. The summed E-state index contributed by atoms with van der Waals surface area (Å²) in [5.74, 6) is -0.411. The Kier molecular flexibility index (Phi) is 6.52. The van der Waals surface area contributed by atoms with Crippen molar-refractivity contribution in [2.45, 2.75) is 20.3 Å². The van der Waals surface area contributed by atoms with Gasteiger partial charge in [-0.1, -0.05) is 13.8 Å². The third kappa shape index (κ3) is 6.53. The minimum atomic E-state index is -2.59. The molecule has 0 heterocycles. The average molecular weight is 209 g/mol. The third-order valence-electron chi connectivity index (χ3n) is 1.60. The molecule has 0 rings (SSSR count). The van der Waals surface area contributed by atoms with E-state index in [9.17, 15) is 13.2 Å². The molecule has 1 atom stereocenters. The summed E-state index contributed by atoms with van der Waals surface area (Å²) in [7, 11) is -2.59. The molecule has 6 heteroatoms. The van der Waals surface area contributed by atoms with Gasteiger partial charge in [0, 0.05) is 6.54 Å². The maximum atomic E-state index is 11.0. The summed E-state index contributed by atoms with van der Waals surface area (Å²) in [6.07, 6.45) is 0.724. The number of hydrogen-bond donors (Lipinski definition) is 2. The van der Waals surface area contributed by atoms with Crippen LogP contribution >= 0.6 is 0 Å². The first-order chi connectivity index (χ1) is 6.07. The highest BCUT2D eigenvalue weighted by molar-refractivity contribution is 7.70. The molecule has 0 fully saturated rings. The van der Waals surface area contributed by atoms with E-state index in [2.05, 4.69) is 4.72 Å². The molecule has 0 bridgehead atoms. The highest BCUT2D eigenvalue weighted by atomic mass is 32.2. The number of rotatable bonds is 6. The highest BCUT2D eigenvalue weighted by Crippen LogP contribution is 2.02. The summed E-state index contributed by atoms with van der Waals surface area (Å²) in [6, 6.07) is 0. The van der Waals surface area contributed by atoms with Gasteiger partial charge in [0.1, 0.15) is 6.61 Å². The summed E-state index contributed by atoms with van der Waals surface area (Å²) in [5.41, 5.74) is 0. The molecular formula is C7H15NO4S.